The highest BCUT2D eigenvalue weighted by molar-refractivity contribution is 5.81. The molecule has 5 rings (SSSR count). The van der Waals surface area contributed by atoms with Gasteiger partial charge in [0.1, 0.15) is 17.4 Å². The largest absolute Gasteiger partial charge is 0.466 e. The van der Waals surface area contributed by atoms with Crippen LogP contribution in [0.2, 0.25) is 0 Å². The molecule has 1 N–H and O–H groups in total. The number of aromatic nitrogens is 4. The minimum absolute atomic E-state index is 0.00487. The van der Waals surface area contributed by atoms with Gasteiger partial charge >= 0.3 is 5.76 Å². The molecular formula is C31H27FN4O4. The van der Waals surface area contributed by atoms with Crippen LogP contribution >= 0.6 is 0 Å². The number of aromatic amines is 1. The Morgan fingerprint density at radius 1 is 1.07 bits per heavy atom. The van der Waals surface area contributed by atoms with Gasteiger partial charge in [0, 0.05) is 12.0 Å². The predicted molar refractivity (Wildman–Crippen MR) is 150 cm³/mol. The van der Waals surface area contributed by atoms with Gasteiger partial charge in [0.15, 0.2) is 5.82 Å². The summed E-state index contributed by atoms with van der Waals surface area (Å²) in [7, 11) is 0. The first-order valence-corrected chi connectivity index (χ1v) is 12.8. The Morgan fingerprint density at radius 2 is 1.82 bits per heavy atom. The molecule has 0 aliphatic heterocycles. The van der Waals surface area contributed by atoms with Gasteiger partial charge in [0.2, 0.25) is 0 Å². The van der Waals surface area contributed by atoms with Crippen LogP contribution in [0, 0.1) is 12.7 Å². The lowest BCUT2D eigenvalue weighted by molar-refractivity contribution is 0.387. The van der Waals surface area contributed by atoms with Gasteiger partial charge < -0.3 is 4.74 Å². The molecule has 0 radical (unpaired) electrons. The fraction of sp³-hybridized carbons (Fsp3) is 0.161. The standard InChI is InChI=1S/C31H27FN4O4/c1-4-9-26-25(30(37)36(19(3)33-26)22-13-15-23(16-14-22)39-5-2)18-21-12-17-24(20-10-7-6-8-11-20)27(28(21)32)29-34-31(38)40-35-29/h5-8,10-17H,2,4,9,18H2,1,3H3,(H,34,35,38). The van der Waals surface area contributed by atoms with Crippen LogP contribution in [0.4, 0.5) is 4.39 Å². The van der Waals surface area contributed by atoms with Gasteiger partial charge in [0.25, 0.3) is 5.56 Å². The van der Waals surface area contributed by atoms with Crippen LogP contribution in [0.15, 0.2) is 93.7 Å². The third-order valence-corrected chi connectivity index (χ3v) is 6.58. The molecule has 202 valence electrons. The summed E-state index contributed by atoms with van der Waals surface area (Å²) in [5.74, 6) is -0.321. The van der Waals surface area contributed by atoms with Crippen LogP contribution in [0.5, 0.6) is 5.75 Å². The van der Waals surface area contributed by atoms with Crippen molar-refractivity contribution in [3.05, 3.63) is 129 Å². The van der Waals surface area contributed by atoms with E-state index in [9.17, 15) is 9.59 Å². The Labute approximate surface area is 229 Å². The number of nitrogens with zero attached hydrogens (tertiary/aromatic N) is 3. The van der Waals surface area contributed by atoms with E-state index in [2.05, 4.69) is 21.2 Å². The quantitative estimate of drug-likeness (QED) is 0.240. The molecule has 0 saturated heterocycles. The number of benzene rings is 3. The first-order chi connectivity index (χ1) is 19.4. The summed E-state index contributed by atoms with van der Waals surface area (Å²) in [6, 6.07) is 19.6. The number of halogens is 1. The van der Waals surface area contributed by atoms with Crippen molar-refractivity contribution >= 4 is 0 Å². The molecule has 0 fully saturated rings. The van der Waals surface area contributed by atoms with E-state index < -0.39 is 11.6 Å². The lowest BCUT2D eigenvalue weighted by Gasteiger charge is -2.17. The molecule has 0 aliphatic rings. The van der Waals surface area contributed by atoms with Crippen LogP contribution < -0.4 is 16.1 Å². The second-order valence-electron chi connectivity index (χ2n) is 9.20. The molecule has 9 heteroatoms. The zero-order valence-electron chi connectivity index (χ0n) is 22.1. The third kappa shape index (κ3) is 5.13. The molecule has 40 heavy (non-hydrogen) atoms. The van der Waals surface area contributed by atoms with Crippen LogP contribution in [0.3, 0.4) is 0 Å². The van der Waals surface area contributed by atoms with Gasteiger partial charge in [-0.05, 0) is 54.3 Å². The van der Waals surface area contributed by atoms with E-state index in [-0.39, 0.29) is 28.9 Å². The number of nitrogens with one attached hydrogen (secondary N) is 1. The second-order valence-corrected chi connectivity index (χ2v) is 9.20. The number of aryl methyl sites for hydroxylation is 2. The molecule has 2 heterocycles. The maximum atomic E-state index is 16.3. The zero-order chi connectivity index (χ0) is 28.2. The van der Waals surface area contributed by atoms with Crippen LogP contribution in [-0.2, 0) is 12.8 Å². The van der Waals surface area contributed by atoms with Crippen molar-refractivity contribution in [3.63, 3.8) is 0 Å². The summed E-state index contributed by atoms with van der Waals surface area (Å²) < 4.78 is 27.8. The van der Waals surface area contributed by atoms with Crippen molar-refractivity contribution in [2.75, 3.05) is 0 Å². The topological polar surface area (TPSA) is 103 Å². The lowest BCUT2D eigenvalue weighted by Crippen LogP contribution is -2.28. The Balaban J connectivity index is 1.66. The average molecular weight is 539 g/mol. The highest BCUT2D eigenvalue weighted by Crippen LogP contribution is 2.34. The zero-order valence-corrected chi connectivity index (χ0v) is 22.1. The van der Waals surface area contributed by atoms with Crippen LogP contribution in [-0.4, -0.2) is 19.7 Å². The Kier molecular flexibility index (Phi) is 7.54. The molecule has 0 spiro atoms. The SMILES string of the molecule is C=COc1ccc(-n2c(C)nc(CCC)c(Cc3ccc(-c4ccccc4)c(-c4noc(=O)[nH]4)c3F)c2=O)cc1. The van der Waals surface area contributed by atoms with Crippen molar-refractivity contribution < 1.29 is 13.7 Å². The van der Waals surface area contributed by atoms with Gasteiger partial charge in [-0.1, -0.05) is 67.5 Å². The van der Waals surface area contributed by atoms with E-state index in [0.29, 0.717) is 40.5 Å². The van der Waals surface area contributed by atoms with Gasteiger partial charge in [-0.25, -0.2) is 14.2 Å². The van der Waals surface area contributed by atoms with Gasteiger partial charge in [-0.3, -0.25) is 18.9 Å². The monoisotopic (exact) mass is 538 g/mol. The van der Waals surface area contributed by atoms with Crippen molar-refractivity contribution in [2.45, 2.75) is 33.1 Å². The second kappa shape index (κ2) is 11.4. The molecule has 8 nitrogen and oxygen atoms in total. The molecule has 0 bridgehead atoms. The molecule has 2 aromatic heterocycles. The van der Waals surface area contributed by atoms with E-state index in [4.69, 9.17) is 9.72 Å². The number of rotatable bonds is 9. The average Bonchev–Trinajstić information content (AvgIpc) is 3.38. The first-order valence-electron chi connectivity index (χ1n) is 12.8. The minimum atomic E-state index is -0.792. The lowest BCUT2D eigenvalue weighted by atomic mass is 9.93. The fourth-order valence-electron chi connectivity index (χ4n) is 4.79. The van der Waals surface area contributed by atoms with E-state index >= 15 is 4.39 Å². The predicted octanol–water partition coefficient (Wildman–Crippen LogP) is 5.76. The Morgan fingerprint density at radius 3 is 2.48 bits per heavy atom. The van der Waals surface area contributed by atoms with E-state index in [1.54, 1.807) is 43.3 Å². The number of H-pyrrole nitrogens is 1. The summed E-state index contributed by atoms with van der Waals surface area (Å²) in [4.78, 5) is 32.9. The Bertz CT molecular complexity index is 1790. The van der Waals surface area contributed by atoms with Crippen molar-refractivity contribution in [2.24, 2.45) is 0 Å². The van der Waals surface area contributed by atoms with Crippen LogP contribution in [0.25, 0.3) is 28.2 Å². The molecular weight excluding hydrogens is 511 g/mol. The highest BCUT2D eigenvalue weighted by Gasteiger charge is 2.23. The first kappa shape index (κ1) is 26.6. The Hall–Kier alpha value is -5.05. The van der Waals surface area contributed by atoms with Crippen molar-refractivity contribution in [3.8, 4) is 34.0 Å². The van der Waals surface area contributed by atoms with Gasteiger partial charge in [0.05, 0.1) is 23.2 Å². The van der Waals surface area contributed by atoms with E-state index in [0.717, 1.165) is 12.0 Å². The maximum Gasteiger partial charge on any atom is 0.439 e. The summed E-state index contributed by atoms with van der Waals surface area (Å²) in [5.41, 5.74) is 2.96. The van der Waals surface area contributed by atoms with Gasteiger partial charge in [-0.15, -0.1) is 0 Å². The number of hydrogen-bond acceptors (Lipinski definition) is 6. The molecule has 3 aromatic carbocycles. The molecule has 0 amide bonds. The van der Waals surface area contributed by atoms with E-state index in [1.807, 2.05) is 37.3 Å². The van der Waals surface area contributed by atoms with Crippen molar-refractivity contribution in [1.29, 1.82) is 0 Å². The molecule has 0 aliphatic carbocycles. The van der Waals surface area contributed by atoms with E-state index in [1.165, 1.54) is 10.8 Å². The maximum absolute atomic E-state index is 16.3. The third-order valence-electron chi connectivity index (χ3n) is 6.58. The number of hydrogen-bond donors (Lipinski definition) is 1. The molecule has 5 aromatic rings. The highest BCUT2D eigenvalue weighted by atomic mass is 19.1. The fourth-order valence-corrected chi connectivity index (χ4v) is 4.79. The minimum Gasteiger partial charge on any atom is -0.466 e. The summed E-state index contributed by atoms with van der Waals surface area (Å²) in [5, 5.41) is 3.75. The molecule has 0 unspecified atom stereocenters. The summed E-state index contributed by atoms with van der Waals surface area (Å²) in [6.45, 7) is 7.32. The van der Waals surface area contributed by atoms with Crippen LogP contribution in [0.1, 0.15) is 36.0 Å². The summed E-state index contributed by atoms with van der Waals surface area (Å²) in [6.07, 6.45) is 2.64. The number of ether oxygens (including phenoxy) is 1. The smallest absolute Gasteiger partial charge is 0.439 e. The molecule has 0 saturated carbocycles. The van der Waals surface area contributed by atoms with Gasteiger partial charge in [-0.2, -0.15) is 0 Å². The van der Waals surface area contributed by atoms with Crippen molar-refractivity contribution in [1.82, 2.24) is 19.7 Å². The normalized spacial score (nSPS) is 11.0. The summed E-state index contributed by atoms with van der Waals surface area (Å²) >= 11 is 0. The molecule has 0 atom stereocenters.